The number of amides is 1. The molecule has 1 aromatic carbocycles. The van der Waals surface area contributed by atoms with Crippen LogP contribution in [0.4, 0.5) is 5.69 Å². The third kappa shape index (κ3) is 3.74. The molecular weight excluding hydrogens is 446 g/mol. The van der Waals surface area contributed by atoms with E-state index in [1.807, 2.05) is 17.6 Å². The van der Waals surface area contributed by atoms with Crippen molar-refractivity contribution in [3.8, 4) is 5.88 Å². The fourth-order valence-corrected chi connectivity index (χ4v) is 4.64. The first kappa shape index (κ1) is 21.5. The van der Waals surface area contributed by atoms with Crippen LogP contribution in [0.3, 0.4) is 0 Å². The molecule has 5 rings (SSSR count). The number of benzene rings is 1. The number of fused-ring (bicyclic) bond motifs is 1. The van der Waals surface area contributed by atoms with Crippen LogP contribution in [0.5, 0.6) is 5.88 Å². The van der Waals surface area contributed by atoms with Gasteiger partial charge in [-0.15, -0.1) is 0 Å². The van der Waals surface area contributed by atoms with Crippen molar-refractivity contribution < 1.29 is 19.4 Å². The van der Waals surface area contributed by atoms with E-state index in [1.54, 1.807) is 29.3 Å². The monoisotopic (exact) mass is 467 g/mol. The Labute approximate surface area is 194 Å². The van der Waals surface area contributed by atoms with Gasteiger partial charge in [-0.1, -0.05) is 17.7 Å². The Balaban J connectivity index is 1.59. The maximum atomic E-state index is 12.9. The molecule has 170 valence electrons. The van der Waals surface area contributed by atoms with Crippen molar-refractivity contribution in [3.05, 3.63) is 63.5 Å². The highest BCUT2D eigenvalue weighted by molar-refractivity contribution is 6.34. The van der Waals surface area contributed by atoms with Crippen LogP contribution in [0.1, 0.15) is 43.0 Å². The van der Waals surface area contributed by atoms with Crippen molar-refractivity contribution in [1.82, 2.24) is 9.55 Å². The number of anilines is 1. The minimum Gasteiger partial charge on any atom is -0.477 e. The highest BCUT2D eigenvalue weighted by Crippen LogP contribution is 2.45. The molecule has 33 heavy (non-hydrogen) atoms. The lowest BCUT2D eigenvalue weighted by atomic mass is 10.1. The summed E-state index contributed by atoms with van der Waals surface area (Å²) in [5, 5.41) is 9.98. The predicted octanol–water partition coefficient (Wildman–Crippen LogP) is 3.83. The molecule has 0 radical (unpaired) electrons. The number of aromatic carboxylic acids is 1. The van der Waals surface area contributed by atoms with E-state index in [9.17, 15) is 19.5 Å². The average molecular weight is 468 g/mol. The number of halogens is 1. The summed E-state index contributed by atoms with van der Waals surface area (Å²) in [6, 6.07) is 8.33. The molecule has 2 fully saturated rings. The van der Waals surface area contributed by atoms with E-state index in [4.69, 9.17) is 16.3 Å². The molecule has 3 heterocycles. The van der Waals surface area contributed by atoms with Gasteiger partial charge in [0.05, 0.1) is 22.3 Å². The molecule has 3 aromatic rings. The van der Waals surface area contributed by atoms with Gasteiger partial charge in [0.2, 0.25) is 17.2 Å². The third-order valence-corrected chi connectivity index (χ3v) is 6.81. The van der Waals surface area contributed by atoms with Gasteiger partial charge in [-0.2, -0.15) is 0 Å². The van der Waals surface area contributed by atoms with Crippen LogP contribution in [0.2, 0.25) is 5.02 Å². The maximum absolute atomic E-state index is 12.9. The third-order valence-electron chi connectivity index (χ3n) is 6.50. The summed E-state index contributed by atoms with van der Waals surface area (Å²) in [7, 11) is 0. The number of ether oxygens (including phenoxy) is 1. The van der Waals surface area contributed by atoms with Gasteiger partial charge in [-0.05, 0) is 44.4 Å². The van der Waals surface area contributed by atoms with Gasteiger partial charge < -0.3 is 19.3 Å². The number of nitrogens with zero attached hydrogens (tertiary/aromatic N) is 3. The summed E-state index contributed by atoms with van der Waals surface area (Å²) in [5.41, 5.74) is -0.111. The first-order chi connectivity index (χ1) is 15.8. The zero-order valence-electron chi connectivity index (χ0n) is 18.0. The summed E-state index contributed by atoms with van der Waals surface area (Å²) in [6.45, 7) is 2.26. The molecular formula is C24H22ClN3O5. The van der Waals surface area contributed by atoms with Crippen LogP contribution < -0.4 is 15.1 Å². The van der Waals surface area contributed by atoms with Gasteiger partial charge in [0.25, 0.3) is 0 Å². The van der Waals surface area contributed by atoms with Gasteiger partial charge in [0.1, 0.15) is 12.2 Å². The Hall–Kier alpha value is -3.39. The molecule has 2 aromatic heterocycles. The summed E-state index contributed by atoms with van der Waals surface area (Å²) < 4.78 is 7.64. The van der Waals surface area contributed by atoms with Gasteiger partial charge in [-0.25, -0.2) is 9.78 Å². The molecule has 1 unspecified atom stereocenters. The molecule has 1 aliphatic carbocycles. The molecule has 1 saturated heterocycles. The predicted molar refractivity (Wildman–Crippen MR) is 123 cm³/mol. The second-order valence-electron chi connectivity index (χ2n) is 8.80. The fraction of sp³-hybridized carbons (Fsp3) is 0.333. The van der Waals surface area contributed by atoms with Crippen LogP contribution in [0, 0.1) is 0 Å². The van der Waals surface area contributed by atoms with E-state index >= 15 is 0 Å². The molecule has 1 saturated carbocycles. The maximum Gasteiger partial charge on any atom is 0.341 e. The number of carbonyl (C=O) groups is 2. The highest BCUT2D eigenvalue weighted by Gasteiger charge is 2.41. The van der Waals surface area contributed by atoms with E-state index in [0.29, 0.717) is 29.9 Å². The van der Waals surface area contributed by atoms with Crippen molar-refractivity contribution in [1.29, 1.82) is 0 Å². The van der Waals surface area contributed by atoms with Gasteiger partial charge in [0, 0.05) is 35.8 Å². The Morgan fingerprint density at radius 1 is 1.30 bits per heavy atom. The van der Waals surface area contributed by atoms with Crippen molar-refractivity contribution in [2.24, 2.45) is 0 Å². The fourth-order valence-electron chi connectivity index (χ4n) is 4.39. The summed E-state index contributed by atoms with van der Waals surface area (Å²) in [6.07, 6.45) is 5.73. The number of hydrogen-bond donors (Lipinski definition) is 1. The van der Waals surface area contributed by atoms with E-state index in [2.05, 4.69) is 4.98 Å². The summed E-state index contributed by atoms with van der Waals surface area (Å²) >= 11 is 6.57. The van der Waals surface area contributed by atoms with E-state index in [0.717, 1.165) is 12.8 Å². The van der Waals surface area contributed by atoms with Crippen LogP contribution in [0.25, 0.3) is 10.9 Å². The molecule has 1 atom stereocenters. The normalized spacial score (nSPS) is 19.2. The average Bonchev–Trinajstić information content (AvgIpc) is 3.44. The number of pyridine rings is 2. The minimum absolute atomic E-state index is 0.0837. The van der Waals surface area contributed by atoms with E-state index in [-0.39, 0.29) is 40.1 Å². The second kappa shape index (κ2) is 7.88. The smallest absolute Gasteiger partial charge is 0.341 e. The molecule has 0 bridgehead atoms. The van der Waals surface area contributed by atoms with Gasteiger partial charge >= 0.3 is 5.97 Å². The number of rotatable bonds is 6. The first-order valence-corrected chi connectivity index (χ1v) is 11.1. The second-order valence-corrected chi connectivity index (χ2v) is 9.21. The zero-order valence-corrected chi connectivity index (χ0v) is 18.7. The SMILES string of the molecule is CC1(n2cc(C(=O)O)c(=O)c3cc(Cl)c(N4C(=O)CCC4COc4ccccn4)cc32)CC1. The van der Waals surface area contributed by atoms with Gasteiger partial charge in [0.15, 0.2) is 0 Å². The Bertz CT molecular complexity index is 1330. The Morgan fingerprint density at radius 2 is 2.09 bits per heavy atom. The number of aromatic nitrogens is 2. The lowest BCUT2D eigenvalue weighted by Crippen LogP contribution is -2.37. The molecule has 0 spiro atoms. The summed E-state index contributed by atoms with van der Waals surface area (Å²) in [5.74, 6) is -0.890. The quantitative estimate of drug-likeness (QED) is 0.591. The van der Waals surface area contributed by atoms with Crippen LogP contribution in [-0.4, -0.2) is 39.2 Å². The number of carboxylic acid groups (broad SMARTS) is 1. The Morgan fingerprint density at radius 3 is 2.76 bits per heavy atom. The molecule has 2 aliphatic rings. The molecule has 8 nitrogen and oxygen atoms in total. The van der Waals surface area contributed by atoms with Crippen LogP contribution in [-0.2, 0) is 10.3 Å². The van der Waals surface area contributed by atoms with E-state index in [1.165, 1.54) is 12.3 Å². The number of hydrogen-bond acceptors (Lipinski definition) is 5. The molecule has 1 amide bonds. The molecule has 1 N–H and O–H groups in total. The lowest BCUT2D eigenvalue weighted by molar-refractivity contribution is -0.117. The largest absolute Gasteiger partial charge is 0.477 e. The minimum atomic E-state index is -1.28. The number of carbonyl (C=O) groups excluding carboxylic acids is 1. The first-order valence-electron chi connectivity index (χ1n) is 10.8. The summed E-state index contributed by atoms with van der Waals surface area (Å²) in [4.78, 5) is 43.2. The van der Waals surface area contributed by atoms with Gasteiger partial charge in [-0.3, -0.25) is 9.59 Å². The van der Waals surface area contributed by atoms with Crippen molar-refractivity contribution in [2.45, 2.75) is 44.2 Å². The van der Waals surface area contributed by atoms with Crippen molar-refractivity contribution >= 4 is 40.1 Å². The van der Waals surface area contributed by atoms with Crippen LogP contribution >= 0.6 is 11.6 Å². The lowest BCUT2D eigenvalue weighted by Gasteiger charge is -2.27. The highest BCUT2D eigenvalue weighted by atomic mass is 35.5. The van der Waals surface area contributed by atoms with Crippen molar-refractivity contribution in [3.63, 3.8) is 0 Å². The van der Waals surface area contributed by atoms with Crippen molar-refractivity contribution in [2.75, 3.05) is 11.5 Å². The standard InChI is InChI=1S/C24H22ClN3O5/c1-24(7-8-24)27-12-16(23(31)32)22(30)15-10-17(25)19(11-18(15)27)28-14(5-6-21(28)29)13-33-20-4-2-3-9-26-20/h2-4,9-12,14H,5-8,13H2,1H3,(H,31,32). The van der Waals surface area contributed by atoms with E-state index < -0.39 is 11.4 Å². The van der Waals surface area contributed by atoms with Crippen LogP contribution in [0.15, 0.2) is 47.5 Å². The topological polar surface area (TPSA) is 102 Å². The zero-order chi connectivity index (χ0) is 23.3. The molecule has 1 aliphatic heterocycles. The number of carboxylic acids is 1. The Kier molecular flexibility index (Phi) is 5.12. The molecule has 9 heteroatoms.